The molecule has 1 aliphatic rings. The molecule has 1 N–H and O–H groups in total. The number of carbonyl (C=O) groups is 1. The van der Waals surface area contributed by atoms with Crippen LogP contribution in [0.4, 0.5) is 4.79 Å². The van der Waals surface area contributed by atoms with Crippen molar-refractivity contribution in [1.29, 1.82) is 0 Å². The lowest BCUT2D eigenvalue weighted by Gasteiger charge is -1.87. The molecule has 0 saturated heterocycles. The van der Waals surface area contributed by atoms with E-state index in [0.29, 0.717) is 0 Å². The molecule has 0 aromatic heterocycles. The van der Waals surface area contributed by atoms with Crippen LogP contribution in [0.3, 0.4) is 0 Å². The van der Waals surface area contributed by atoms with Gasteiger partial charge in [0.2, 0.25) is 0 Å². The van der Waals surface area contributed by atoms with Crippen LogP contribution in [0.1, 0.15) is 6.92 Å². The Morgan fingerprint density at radius 1 is 1.88 bits per heavy atom. The van der Waals surface area contributed by atoms with Crippen molar-refractivity contribution < 1.29 is 4.79 Å². The van der Waals surface area contributed by atoms with Gasteiger partial charge in [0.1, 0.15) is 0 Å². The van der Waals surface area contributed by atoms with Gasteiger partial charge in [-0.25, -0.2) is 0 Å². The van der Waals surface area contributed by atoms with Gasteiger partial charge < -0.3 is 5.32 Å². The molecule has 1 amide bonds. The molecule has 2 nitrogen and oxygen atoms in total. The first kappa shape index (κ1) is 5.91. The Morgan fingerprint density at radius 2 is 2.50 bits per heavy atom. The molecule has 0 fully saturated rings. The minimum atomic E-state index is -0.576. The van der Waals surface area contributed by atoms with Crippen LogP contribution in [-0.2, 0) is 20.6 Å². The molecular weight excluding hydrogens is 142 g/mol. The van der Waals surface area contributed by atoms with Crippen molar-refractivity contribution in [3.05, 3.63) is 11.1 Å². The van der Waals surface area contributed by atoms with Gasteiger partial charge in [-0.2, -0.15) is 0 Å². The summed E-state index contributed by atoms with van der Waals surface area (Å²) in [7, 11) is -0.576. The summed E-state index contributed by atoms with van der Waals surface area (Å²) >= 11 is 4.74. The highest BCUT2D eigenvalue weighted by molar-refractivity contribution is 8.39. The zero-order chi connectivity index (χ0) is 6.15. The standard InChI is InChI=1S/C4H5NOS2/c1-3-2-8(7)4(6)5-3/h2H,1H3,(H,5,6). The van der Waals surface area contributed by atoms with E-state index >= 15 is 0 Å². The predicted molar refractivity (Wildman–Crippen MR) is 37.0 cm³/mol. The van der Waals surface area contributed by atoms with E-state index in [0.717, 1.165) is 5.70 Å². The molecule has 0 bridgehead atoms. The van der Waals surface area contributed by atoms with Crippen molar-refractivity contribution in [3.8, 4) is 0 Å². The lowest BCUT2D eigenvalue weighted by molar-refractivity contribution is 0.263. The fourth-order valence-electron chi connectivity index (χ4n) is 0.455. The van der Waals surface area contributed by atoms with Crippen LogP contribution in [0.25, 0.3) is 0 Å². The van der Waals surface area contributed by atoms with Gasteiger partial charge in [-0.1, -0.05) is 0 Å². The summed E-state index contributed by atoms with van der Waals surface area (Å²) in [5.41, 5.74) is 0.883. The molecule has 0 aliphatic carbocycles. The fraction of sp³-hybridized carbons (Fsp3) is 0.250. The second kappa shape index (κ2) is 1.95. The second-order valence-electron chi connectivity index (χ2n) is 1.51. The van der Waals surface area contributed by atoms with Gasteiger partial charge in [0.25, 0.3) is 5.24 Å². The van der Waals surface area contributed by atoms with Crippen molar-refractivity contribution in [2.75, 3.05) is 0 Å². The van der Waals surface area contributed by atoms with E-state index in [1.165, 1.54) is 0 Å². The maximum atomic E-state index is 10.5. The first-order valence-corrected chi connectivity index (χ1v) is 4.31. The summed E-state index contributed by atoms with van der Waals surface area (Å²) < 4.78 is 0. The normalized spacial score (nSPS) is 27.4. The minimum Gasteiger partial charge on any atom is -0.320 e. The fourth-order valence-corrected chi connectivity index (χ4v) is 1.76. The third-order valence-corrected chi connectivity index (χ3v) is 2.54. The maximum Gasteiger partial charge on any atom is 0.291 e. The molecule has 1 aliphatic heterocycles. The van der Waals surface area contributed by atoms with Gasteiger partial charge in [-0.05, 0) is 27.6 Å². The molecule has 1 unspecified atom stereocenters. The Morgan fingerprint density at radius 3 is 2.62 bits per heavy atom. The van der Waals surface area contributed by atoms with Gasteiger partial charge in [-0.3, -0.25) is 4.79 Å². The number of hydrogen-bond acceptors (Lipinski definition) is 2. The van der Waals surface area contributed by atoms with Crippen LogP contribution in [0.5, 0.6) is 0 Å². The smallest absolute Gasteiger partial charge is 0.291 e. The Labute approximate surface area is 54.6 Å². The quantitative estimate of drug-likeness (QED) is 0.545. The van der Waals surface area contributed by atoms with Crippen molar-refractivity contribution in [3.63, 3.8) is 0 Å². The molecule has 44 valence electrons. The van der Waals surface area contributed by atoms with Crippen molar-refractivity contribution in [2.24, 2.45) is 0 Å². The Hall–Kier alpha value is -0.220. The van der Waals surface area contributed by atoms with E-state index in [9.17, 15) is 4.79 Å². The molecule has 0 aromatic rings. The summed E-state index contributed by atoms with van der Waals surface area (Å²) in [6, 6.07) is 0. The zero-order valence-corrected chi connectivity index (χ0v) is 5.94. The Kier molecular flexibility index (Phi) is 1.44. The van der Waals surface area contributed by atoms with Crippen LogP contribution in [0.2, 0.25) is 0 Å². The summed E-state index contributed by atoms with van der Waals surface area (Å²) in [6.45, 7) is 1.83. The monoisotopic (exact) mass is 147 g/mol. The summed E-state index contributed by atoms with van der Waals surface area (Å²) in [4.78, 5) is 10.5. The van der Waals surface area contributed by atoms with E-state index in [1.54, 1.807) is 5.41 Å². The number of carbonyl (C=O) groups excluding carboxylic acids is 1. The number of rotatable bonds is 0. The van der Waals surface area contributed by atoms with Crippen LogP contribution in [0, 0.1) is 0 Å². The molecule has 1 atom stereocenters. The highest BCUT2D eigenvalue weighted by Crippen LogP contribution is 2.02. The van der Waals surface area contributed by atoms with Gasteiger partial charge >= 0.3 is 0 Å². The third-order valence-electron chi connectivity index (χ3n) is 0.766. The van der Waals surface area contributed by atoms with Gasteiger partial charge in [0.15, 0.2) is 0 Å². The summed E-state index contributed by atoms with van der Waals surface area (Å²) in [5.74, 6) is 0. The highest BCUT2D eigenvalue weighted by Gasteiger charge is 2.11. The maximum absolute atomic E-state index is 10.5. The van der Waals surface area contributed by atoms with Crippen LogP contribution < -0.4 is 5.32 Å². The van der Waals surface area contributed by atoms with Crippen LogP contribution in [0.15, 0.2) is 11.1 Å². The summed E-state index contributed by atoms with van der Waals surface area (Å²) in [6.07, 6.45) is 0. The first-order chi connectivity index (χ1) is 3.70. The first-order valence-electron chi connectivity index (χ1n) is 2.10. The highest BCUT2D eigenvalue weighted by atomic mass is 32.8. The van der Waals surface area contributed by atoms with Crippen LogP contribution in [-0.4, -0.2) is 5.24 Å². The van der Waals surface area contributed by atoms with E-state index in [4.69, 9.17) is 11.2 Å². The van der Waals surface area contributed by atoms with Crippen molar-refractivity contribution in [2.45, 2.75) is 6.92 Å². The average molecular weight is 147 g/mol. The van der Waals surface area contributed by atoms with Crippen LogP contribution >= 0.6 is 0 Å². The van der Waals surface area contributed by atoms with Crippen molar-refractivity contribution in [1.82, 2.24) is 5.32 Å². The Balaban J connectivity index is 2.85. The third kappa shape index (κ3) is 0.952. The summed E-state index contributed by atoms with van der Waals surface area (Å²) in [5, 5.41) is 4.31. The second-order valence-corrected chi connectivity index (χ2v) is 3.79. The molecule has 8 heavy (non-hydrogen) atoms. The molecular formula is C4H5NOS2. The number of hydrogen-bond donors (Lipinski definition) is 1. The van der Waals surface area contributed by atoms with Gasteiger partial charge in [-0.15, -0.1) is 0 Å². The predicted octanol–water partition coefficient (Wildman–Crippen LogP) is 0.651. The average Bonchev–Trinajstić information content (AvgIpc) is 1.85. The zero-order valence-electron chi connectivity index (χ0n) is 4.30. The molecule has 1 rings (SSSR count). The largest absolute Gasteiger partial charge is 0.320 e. The molecule has 4 heteroatoms. The number of amides is 1. The molecule has 0 radical (unpaired) electrons. The molecule has 0 spiro atoms. The lowest BCUT2D eigenvalue weighted by atomic mass is 10.6. The Bertz CT molecular complexity index is 184. The minimum absolute atomic E-state index is 0.0440. The lowest BCUT2D eigenvalue weighted by Crippen LogP contribution is -2.13. The van der Waals surface area contributed by atoms with E-state index < -0.39 is 9.45 Å². The van der Waals surface area contributed by atoms with Gasteiger partial charge in [0.05, 0.1) is 0 Å². The number of allylic oxidation sites excluding steroid dienone is 1. The van der Waals surface area contributed by atoms with E-state index in [-0.39, 0.29) is 5.24 Å². The molecule has 1 heterocycles. The molecule has 0 aromatic carbocycles. The van der Waals surface area contributed by atoms with Crippen molar-refractivity contribution >= 4 is 25.9 Å². The van der Waals surface area contributed by atoms with E-state index in [2.05, 4.69) is 5.32 Å². The van der Waals surface area contributed by atoms with Gasteiger partial charge in [0, 0.05) is 11.1 Å². The number of nitrogens with one attached hydrogen (secondary N) is 1. The topological polar surface area (TPSA) is 29.1 Å². The SMILES string of the molecule is CC1=CS(=S)C(=O)N1. The van der Waals surface area contributed by atoms with E-state index in [1.807, 2.05) is 6.92 Å². The molecule has 0 saturated carbocycles.